The van der Waals surface area contributed by atoms with E-state index in [9.17, 15) is 5.11 Å². The third kappa shape index (κ3) is 5.90. The maximum absolute atomic E-state index is 10.6. The molecule has 1 aliphatic carbocycles. The van der Waals surface area contributed by atoms with Gasteiger partial charge < -0.3 is 5.11 Å². The predicted octanol–water partition coefficient (Wildman–Crippen LogP) is 5.07. The van der Waals surface area contributed by atoms with Crippen molar-refractivity contribution in [2.24, 2.45) is 5.41 Å². The van der Waals surface area contributed by atoms with Crippen LogP contribution in [0.3, 0.4) is 0 Å². The van der Waals surface area contributed by atoms with Gasteiger partial charge in [0.15, 0.2) is 0 Å². The molecule has 1 aliphatic rings. The van der Waals surface area contributed by atoms with Crippen LogP contribution < -0.4 is 0 Å². The average Bonchev–Trinajstić information content (AvgIpc) is 2.39. The molecule has 1 N–H and O–H groups in total. The van der Waals surface area contributed by atoms with Gasteiger partial charge in [-0.1, -0.05) is 59.3 Å². The molecule has 1 heteroatoms. The molecule has 0 aromatic rings. The Labute approximate surface area is 108 Å². The summed E-state index contributed by atoms with van der Waals surface area (Å²) in [4.78, 5) is 0. The summed E-state index contributed by atoms with van der Waals surface area (Å²) in [6.07, 6.45) is 13.3. The van der Waals surface area contributed by atoms with E-state index in [1.54, 1.807) is 0 Å². The third-order valence-corrected chi connectivity index (χ3v) is 4.51. The normalized spacial score (nSPS) is 28.9. The molecule has 0 radical (unpaired) electrons. The van der Waals surface area contributed by atoms with Crippen LogP contribution in [-0.2, 0) is 0 Å². The van der Waals surface area contributed by atoms with Gasteiger partial charge in [0.2, 0.25) is 0 Å². The standard InChI is InChI=1S/C16H32O/c1-4-5-6-7-8-11-16(17)12-9-10-15(2,3)13-14-16/h17H,4-14H2,1-3H3. The van der Waals surface area contributed by atoms with E-state index in [0.29, 0.717) is 5.41 Å². The lowest BCUT2D eigenvalue weighted by atomic mass is 9.83. The molecular weight excluding hydrogens is 208 g/mol. The SMILES string of the molecule is CCCCCCCC1(O)CCCC(C)(C)CC1. The Morgan fingerprint density at radius 3 is 2.29 bits per heavy atom. The van der Waals surface area contributed by atoms with E-state index in [2.05, 4.69) is 20.8 Å². The van der Waals surface area contributed by atoms with Crippen molar-refractivity contribution < 1.29 is 5.11 Å². The molecule has 0 amide bonds. The quantitative estimate of drug-likeness (QED) is 0.508. The monoisotopic (exact) mass is 240 g/mol. The van der Waals surface area contributed by atoms with Crippen LogP contribution in [0.2, 0.25) is 0 Å². The van der Waals surface area contributed by atoms with Gasteiger partial charge in [-0.2, -0.15) is 0 Å². The average molecular weight is 240 g/mol. The van der Waals surface area contributed by atoms with Gasteiger partial charge in [-0.15, -0.1) is 0 Å². The van der Waals surface area contributed by atoms with Crippen molar-refractivity contribution in [3.05, 3.63) is 0 Å². The summed E-state index contributed by atoms with van der Waals surface area (Å²) in [5.74, 6) is 0. The van der Waals surface area contributed by atoms with Gasteiger partial charge in [0.05, 0.1) is 5.60 Å². The van der Waals surface area contributed by atoms with E-state index in [-0.39, 0.29) is 5.60 Å². The van der Waals surface area contributed by atoms with Crippen molar-refractivity contribution in [1.29, 1.82) is 0 Å². The first kappa shape index (κ1) is 15.0. The van der Waals surface area contributed by atoms with Crippen molar-refractivity contribution >= 4 is 0 Å². The fraction of sp³-hybridized carbons (Fsp3) is 1.00. The topological polar surface area (TPSA) is 20.2 Å². The van der Waals surface area contributed by atoms with Crippen LogP contribution in [0.5, 0.6) is 0 Å². The lowest BCUT2D eigenvalue weighted by Gasteiger charge is -2.28. The molecule has 102 valence electrons. The Bertz CT molecular complexity index is 210. The van der Waals surface area contributed by atoms with Crippen LogP contribution in [0.15, 0.2) is 0 Å². The second kappa shape index (κ2) is 6.78. The van der Waals surface area contributed by atoms with Gasteiger partial charge in [0, 0.05) is 0 Å². The summed E-state index contributed by atoms with van der Waals surface area (Å²) in [7, 11) is 0. The molecule has 0 aromatic carbocycles. The molecule has 1 rings (SSSR count). The summed E-state index contributed by atoms with van der Waals surface area (Å²) in [5, 5.41) is 10.6. The molecule has 0 aromatic heterocycles. The molecule has 1 saturated carbocycles. The van der Waals surface area contributed by atoms with Crippen LogP contribution >= 0.6 is 0 Å². The Morgan fingerprint density at radius 1 is 0.882 bits per heavy atom. The van der Waals surface area contributed by atoms with Gasteiger partial charge in [-0.3, -0.25) is 0 Å². The highest BCUT2D eigenvalue weighted by atomic mass is 16.3. The zero-order valence-electron chi connectivity index (χ0n) is 12.2. The molecule has 1 nitrogen and oxygen atoms in total. The third-order valence-electron chi connectivity index (χ3n) is 4.51. The first-order chi connectivity index (χ1) is 7.97. The molecule has 0 bridgehead atoms. The van der Waals surface area contributed by atoms with E-state index in [1.807, 2.05) is 0 Å². The minimum absolute atomic E-state index is 0.333. The second-order valence-corrected chi connectivity index (χ2v) is 6.91. The highest BCUT2D eigenvalue weighted by Gasteiger charge is 2.33. The smallest absolute Gasteiger partial charge is 0.0648 e. The zero-order chi connectivity index (χ0) is 12.8. The lowest BCUT2D eigenvalue weighted by molar-refractivity contribution is 0.0115. The van der Waals surface area contributed by atoms with Crippen molar-refractivity contribution in [2.45, 2.75) is 97.0 Å². The predicted molar refractivity (Wildman–Crippen MR) is 75.2 cm³/mol. The summed E-state index contributed by atoms with van der Waals surface area (Å²) < 4.78 is 0. The molecular formula is C16H32O. The van der Waals surface area contributed by atoms with Crippen molar-refractivity contribution in [3.8, 4) is 0 Å². The maximum Gasteiger partial charge on any atom is 0.0648 e. The van der Waals surface area contributed by atoms with E-state index in [0.717, 1.165) is 19.3 Å². The summed E-state index contributed by atoms with van der Waals surface area (Å²) in [6.45, 7) is 6.95. The summed E-state index contributed by atoms with van der Waals surface area (Å²) in [6, 6.07) is 0. The van der Waals surface area contributed by atoms with Crippen LogP contribution in [-0.4, -0.2) is 10.7 Å². The summed E-state index contributed by atoms with van der Waals surface area (Å²) in [5.41, 5.74) is 0.118. The van der Waals surface area contributed by atoms with Crippen LogP contribution in [0.1, 0.15) is 91.4 Å². The van der Waals surface area contributed by atoms with Gasteiger partial charge in [-0.05, 0) is 37.5 Å². The van der Waals surface area contributed by atoms with Gasteiger partial charge in [0.1, 0.15) is 0 Å². The highest BCUT2D eigenvalue weighted by molar-refractivity contribution is 4.86. The molecule has 0 spiro atoms. The molecule has 0 heterocycles. The number of aliphatic hydroxyl groups is 1. The van der Waals surface area contributed by atoms with Crippen LogP contribution in [0.4, 0.5) is 0 Å². The number of unbranched alkanes of at least 4 members (excludes halogenated alkanes) is 4. The van der Waals surface area contributed by atoms with E-state index >= 15 is 0 Å². The first-order valence-electron chi connectivity index (χ1n) is 7.70. The largest absolute Gasteiger partial charge is 0.390 e. The van der Waals surface area contributed by atoms with Crippen molar-refractivity contribution in [2.75, 3.05) is 0 Å². The highest BCUT2D eigenvalue weighted by Crippen LogP contribution is 2.40. The van der Waals surface area contributed by atoms with Crippen LogP contribution in [0.25, 0.3) is 0 Å². The van der Waals surface area contributed by atoms with E-state index in [1.165, 1.54) is 51.4 Å². The molecule has 17 heavy (non-hydrogen) atoms. The molecule has 1 atom stereocenters. The van der Waals surface area contributed by atoms with Gasteiger partial charge in [-0.25, -0.2) is 0 Å². The molecule has 1 unspecified atom stereocenters. The van der Waals surface area contributed by atoms with Gasteiger partial charge in [0.25, 0.3) is 0 Å². The summed E-state index contributed by atoms with van der Waals surface area (Å²) >= 11 is 0. The van der Waals surface area contributed by atoms with Gasteiger partial charge >= 0.3 is 0 Å². The minimum Gasteiger partial charge on any atom is -0.390 e. The number of hydrogen-bond donors (Lipinski definition) is 1. The van der Waals surface area contributed by atoms with Crippen molar-refractivity contribution in [1.82, 2.24) is 0 Å². The number of hydrogen-bond acceptors (Lipinski definition) is 1. The Balaban J connectivity index is 2.26. The fourth-order valence-electron chi connectivity index (χ4n) is 3.02. The van der Waals surface area contributed by atoms with E-state index < -0.39 is 0 Å². The Kier molecular flexibility index (Phi) is 5.99. The fourth-order valence-corrected chi connectivity index (χ4v) is 3.02. The van der Waals surface area contributed by atoms with Crippen LogP contribution in [0, 0.1) is 5.41 Å². The molecule has 1 fully saturated rings. The maximum atomic E-state index is 10.6. The molecule has 0 aliphatic heterocycles. The first-order valence-corrected chi connectivity index (χ1v) is 7.70. The Morgan fingerprint density at radius 2 is 1.59 bits per heavy atom. The second-order valence-electron chi connectivity index (χ2n) is 6.91. The van der Waals surface area contributed by atoms with E-state index in [4.69, 9.17) is 0 Å². The Hall–Kier alpha value is -0.0400. The zero-order valence-corrected chi connectivity index (χ0v) is 12.2. The lowest BCUT2D eigenvalue weighted by Crippen LogP contribution is -2.28. The number of rotatable bonds is 6. The minimum atomic E-state index is -0.333. The van der Waals surface area contributed by atoms with Crippen molar-refractivity contribution in [3.63, 3.8) is 0 Å². The molecule has 0 saturated heterocycles.